The lowest BCUT2D eigenvalue weighted by atomic mass is 9.93. The van der Waals surface area contributed by atoms with Crippen molar-refractivity contribution < 1.29 is 27.9 Å². The van der Waals surface area contributed by atoms with Crippen LogP contribution in [0.15, 0.2) is 30.3 Å². The van der Waals surface area contributed by atoms with E-state index in [1.54, 1.807) is 0 Å². The number of rotatable bonds is 4. The molecule has 0 radical (unpaired) electrons. The van der Waals surface area contributed by atoms with Gasteiger partial charge in [0.15, 0.2) is 5.78 Å². The van der Waals surface area contributed by atoms with Gasteiger partial charge in [0, 0.05) is 5.56 Å². The fourth-order valence-corrected chi connectivity index (χ4v) is 1.61. The average Bonchev–Trinajstić information content (AvgIpc) is 2.26. The molecular formula is C11H8ClF3O3. The Balaban J connectivity index is 3.14. The maximum Gasteiger partial charge on any atom is 0.391 e. The fourth-order valence-electron chi connectivity index (χ4n) is 1.35. The molecule has 0 heterocycles. The highest BCUT2D eigenvalue weighted by molar-refractivity contribution is 6.47. The van der Waals surface area contributed by atoms with Crippen molar-refractivity contribution in [3.05, 3.63) is 35.9 Å². The number of hydrogen-bond acceptors (Lipinski definition) is 2. The molecule has 18 heavy (non-hydrogen) atoms. The molecule has 1 N–H and O–H groups in total. The SMILES string of the molecule is O=C(O)C(Cl)(CC(F)(F)F)C(=O)c1ccccc1. The highest BCUT2D eigenvalue weighted by Gasteiger charge is 2.52. The van der Waals surface area contributed by atoms with Crippen LogP contribution in [0.5, 0.6) is 0 Å². The van der Waals surface area contributed by atoms with E-state index in [4.69, 9.17) is 16.7 Å². The Kier molecular flexibility index (Phi) is 4.01. The summed E-state index contributed by atoms with van der Waals surface area (Å²) in [5, 5.41) is 8.77. The van der Waals surface area contributed by atoms with Gasteiger partial charge in [0.2, 0.25) is 4.87 Å². The molecule has 98 valence electrons. The van der Waals surface area contributed by atoms with Crippen molar-refractivity contribution in [1.29, 1.82) is 0 Å². The van der Waals surface area contributed by atoms with E-state index in [9.17, 15) is 22.8 Å². The van der Waals surface area contributed by atoms with Crippen LogP contribution in [0, 0.1) is 0 Å². The van der Waals surface area contributed by atoms with Crippen LogP contribution in [0.3, 0.4) is 0 Å². The molecule has 0 amide bonds. The van der Waals surface area contributed by atoms with E-state index in [1.165, 1.54) is 30.3 Å². The summed E-state index contributed by atoms with van der Waals surface area (Å²) in [4.78, 5) is 19.6. The van der Waals surface area contributed by atoms with Crippen LogP contribution in [0.1, 0.15) is 16.8 Å². The number of hydrogen-bond donors (Lipinski definition) is 1. The maximum absolute atomic E-state index is 12.3. The number of benzene rings is 1. The summed E-state index contributed by atoms with van der Waals surface area (Å²) in [7, 11) is 0. The number of Topliss-reactive ketones (excluding diaryl/α,β-unsaturated/α-hetero) is 1. The number of carboxylic acid groups (broad SMARTS) is 1. The van der Waals surface area contributed by atoms with Gasteiger partial charge in [0.1, 0.15) is 0 Å². The number of ketones is 1. The maximum atomic E-state index is 12.3. The van der Waals surface area contributed by atoms with Gasteiger partial charge in [-0.2, -0.15) is 13.2 Å². The number of carbonyl (C=O) groups is 2. The van der Waals surface area contributed by atoms with Crippen molar-refractivity contribution in [3.8, 4) is 0 Å². The van der Waals surface area contributed by atoms with E-state index >= 15 is 0 Å². The van der Waals surface area contributed by atoms with E-state index in [0.29, 0.717) is 0 Å². The summed E-state index contributed by atoms with van der Waals surface area (Å²) in [6.45, 7) is 0. The second-order valence-electron chi connectivity index (χ2n) is 3.59. The number of carboxylic acids is 1. The normalized spacial score (nSPS) is 14.9. The lowest BCUT2D eigenvalue weighted by molar-refractivity contribution is -0.156. The lowest BCUT2D eigenvalue weighted by Crippen LogP contribution is -2.44. The predicted molar refractivity (Wildman–Crippen MR) is 57.7 cm³/mol. The van der Waals surface area contributed by atoms with Gasteiger partial charge < -0.3 is 5.11 Å². The first-order valence-electron chi connectivity index (χ1n) is 4.76. The van der Waals surface area contributed by atoms with E-state index in [-0.39, 0.29) is 5.56 Å². The molecule has 0 saturated carbocycles. The number of alkyl halides is 4. The second-order valence-corrected chi connectivity index (χ2v) is 4.24. The molecule has 0 spiro atoms. The van der Waals surface area contributed by atoms with Crippen LogP contribution in [-0.2, 0) is 4.79 Å². The van der Waals surface area contributed by atoms with Gasteiger partial charge in [-0.1, -0.05) is 41.9 Å². The molecule has 0 aromatic heterocycles. The Bertz CT molecular complexity index is 458. The third-order valence-corrected chi connectivity index (χ3v) is 2.65. The summed E-state index contributed by atoms with van der Waals surface area (Å²) in [5.74, 6) is -3.30. The van der Waals surface area contributed by atoms with Crippen LogP contribution < -0.4 is 0 Å². The van der Waals surface area contributed by atoms with Crippen LogP contribution in [0.4, 0.5) is 13.2 Å². The van der Waals surface area contributed by atoms with Crippen molar-refractivity contribution >= 4 is 23.4 Å². The molecule has 7 heteroatoms. The highest BCUT2D eigenvalue weighted by atomic mass is 35.5. The van der Waals surface area contributed by atoms with Gasteiger partial charge in [0.25, 0.3) is 0 Å². The number of aliphatic carboxylic acids is 1. The smallest absolute Gasteiger partial charge is 0.391 e. The predicted octanol–water partition coefficient (Wildman–Crippen LogP) is 2.88. The quantitative estimate of drug-likeness (QED) is 0.524. The molecule has 0 bridgehead atoms. The minimum Gasteiger partial charge on any atom is -0.480 e. The summed E-state index contributed by atoms with van der Waals surface area (Å²) < 4.78 is 36.9. The van der Waals surface area contributed by atoms with Gasteiger partial charge in [0.05, 0.1) is 6.42 Å². The molecular weight excluding hydrogens is 273 g/mol. The van der Waals surface area contributed by atoms with Crippen LogP contribution in [0.2, 0.25) is 0 Å². The monoisotopic (exact) mass is 280 g/mol. The second kappa shape index (κ2) is 4.97. The zero-order chi connectivity index (χ0) is 14.0. The molecule has 0 aliphatic carbocycles. The largest absolute Gasteiger partial charge is 0.480 e. The van der Waals surface area contributed by atoms with Gasteiger partial charge in [-0.25, -0.2) is 4.79 Å². The fraction of sp³-hybridized carbons (Fsp3) is 0.273. The summed E-state index contributed by atoms with van der Waals surface area (Å²) in [5.41, 5.74) is -0.181. The molecule has 1 atom stereocenters. The summed E-state index contributed by atoms with van der Waals surface area (Å²) >= 11 is 5.37. The summed E-state index contributed by atoms with van der Waals surface area (Å²) in [6.07, 6.45) is -6.78. The molecule has 0 saturated heterocycles. The Morgan fingerprint density at radius 1 is 1.17 bits per heavy atom. The molecule has 0 fully saturated rings. The van der Waals surface area contributed by atoms with Crippen molar-refractivity contribution in [1.82, 2.24) is 0 Å². The molecule has 0 aliphatic heterocycles. The molecule has 3 nitrogen and oxygen atoms in total. The minimum absolute atomic E-state index is 0.181. The van der Waals surface area contributed by atoms with E-state index in [0.717, 1.165) is 0 Å². The van der Waals surface area contributed by atoms with Gasteiger partial charge >= 0.3 is 12.1 Å². The third-order valence-electron chi connectivity index (χ3n) is 2.18. The van der Waals surface area contributed by atoms with Crippen molar-refractivity contribution in [3.63, 3.8) is 0 Å². The topological polar surface area (TPSA) is 54.4 Å². The number of halogens is 4. The zero-order valence-corrected chi connectivity index (χ0v) is 9.63. The third kappa shape index (κ3) is 3.22. The minimum atomic E-state index is -4.86. The van der Waals surface area contributed by atoms with E-state index < -0.39 is 29.2 Å². The Labute approximate surface area is 105 Å². The van der Waals surface area contributed by atoms with E-state index in [2.05, 4.69) is 0 Å². The van der Waals surface area contributed by atoms with Crippen molar-refractivity contribution in [2.24, 2.45) is 0 Å². The van der Waals surface area contributed by atoms with Crippen LogP contribution >= 0.6 is 11.6 Å². The molecule has 1 aromatic carbocycles. The zero-order valence-electron chi connectivity index (χ0n) is 8.87. The first-order valence-corrected chi connectivity index (χ1v) is 5.13. The van der Waals surface area contributed by atoms with Crippen molar-refractivity contribution in [2.75, 3.05) is 0 Å². The number of carbonyl (C=O) groups excluding carboxylic acids is 1. The Morgan fingerprint density at radius 2 is 1.67 bits per heavy atom. The molecule has 1 aromatic rings. The highest BCUT2D eigenvalue weighted by Crippen LogP contribution is 2.35. The first kappa shape index (κ1) is 14.5. The van der Waals surface area contributed by atoms with Crippen LogP contribution in [-0.4, -0.2) is 27.9 Å². The molecule has 1 rings (SSSR count). The molecule has 0 aliphatic rings. The van der Waals surface area contributed by atoms with Gasteiger partial charge in [-0.15, -0.1) is 0 Å². The lowest BCUT2D eigenvalue weighted by Gasteiger charge is -2.22. The molecule has 1 unspecified atom stereocenters. The summed E-state index contributed by atoms with van der Waals surface area (Å²) in [6, 6.07) is 6.76. The van der Waals surface area contributed by atoms with Gasteiger partial charge in [-0.05, 0) is 0 Å². The Hall–Kier alpha value is -1.56. The van der Waals surface area contributed by atoms with Gasteiger partial charge in [-0.3, -0.25) is 4.79 Å². The first-order chi connectivity index (χ1) is 8.17. The average molecular weight is 281 g/mol. The Morgan fingerprint density at radius 3 is 2.06 bits per heavy atom. The van der Waals surface area contributed by atoms with Crippen molar-refractivity contribution in [2.45, 2.75) is 17.5 Å². The van der Waals surface area contributed by atoms with Crippen LogP contribution in [0.25, 0.3) is 0 Å². The standard InChI is InChI=1S/C11H8ClF3O3/c12-10(9(17)18,6-11(13,14)15)8(16)7-4-2-1-3-5-7/h1-5H,6H2,(H,17,18). The van der Waals surface area contributed by atoms with E-state index in [1.807, 2.05) is 0 Å².